The van der Waals surface area contributed by atoms with Crippen molar-refractivity contribution in [3.63, 3.8) is 0 Å². The number of esters is 1. The molecular weight excluding hydrogens is 530 g/mol. The Balaban J connectivity index is 1.21. The Bertz CT molecular complexity index is 1630. The molecule has 5 rings (SSSR count). The summed E-state index contributed by atoms with van der Waals surface area (Å²) >= 11 is 0. The standard InChI is InChI=1S/C34H31N3O5/c1-23-29(37-33(42-23)26-16-19-35-20-17-26)18-21-41-27-14-12-24(13-15-27)22-31(34(39)40-2)36-30-11-7-6-10-28(30)32(38)25-8-4-3-5-9-25/h3-17,19-20,31,36H,18,21-22H2,1-2H3/t31-/m0/s1. The number of rotatable bonds is 12. The van der Waals surface area contributed by atoms with Gasteiger partial charge in [0.2, 0.25) is 5.89 Å². The Kier molecular flexibility index (Phi) is 9.03. The van der Waals surface area contributed by atoms with Crippen LogP contribution in [-0.2, 0) is 22.4 Å². The zero-order valence-electron chi connectivity index (χ0n) is 23.4. The summed E-state index contributed by atoms with van der Waals surface area (Å²) < 4.78 is 16.8. The molecule has 0 unspecified atom stereocenters. The van der Waals surface area contributed by atoms with Gasteiger partial charge in [0.15, 0.2) is 5.78 Å². The number of nitrogens with one attached hydrogen (secondary N) is 1. The average molecular weight is 562 g/mol. The Morgan fingerprint density at radius 3 is 2.36 bits per heavy atom. The zero-order valence-corrected chi connectivity index (χ0v) is 23.4. The van der Waals surface area contributed by atoms with Gasteiger partial charge in [-0.1, -0.05) is 54.6 Å². The highest BCUT2D eigenvalue weighted by atomic mass is 16.5. The molecule has 5 aromatic rings. The lowest BCUT2D eigenvalue weighted by atomic mass is 10.00. The summed E-state index contributed by atoms with van der Waals surface area (Å²) in [6, 6.07) is 26.8. The summed E-state index contributed by atoms with van der Waals surface area (Å²) in [6.07, 6.45) is 4.36. The number of benzene rings is 3. The van der Waals surface area contributed by atoms with E-state index < -0.39 is 12.0 Å². The molecule has 0 saturated carbocycles. The fraction of sp³-hybridized carbons (Fsp3) is 0.176. The maximum atomic E-state index is 13.2. The summed E-state index contributed by atoms with van der Waals surface area (Å²) in [5, 5.41) is 3.24. The number of hydrogen-bond acceptors (Lipinski definition) is 8. The molecule has 42 heavy (non-hydrogen) atoms. The number of ketones is 1. The fourth-order valence-electron chi connectivity index (χ4n) is 4.58. The number of ether oxygens (including phenoxy) is 2. The Labute approximate surface area is 244 Å². The van der Waals surface area contributed by atoms with E-state index in [9.17, 15) is 9.59 Å². The predicted octanol–water partition coefficient (Wildman–Crippen LogP) is 6.09. The first kappa shape index (κ1) is 28.3. The topological polar surface area (TPSA) is 104 Å². The molecule has 0 radical (unpaired) electrons. The van der Waals surface area contributed by atoms with Crippen LogP contribution in [0.15, 0.2) is 108 Å². The van der Waals surface area contributed by atoms with E-state index in [1.807, 2.05) is 67.6 Å². The Morgan fingerprint density at radius 2 is 1.62 bits per heavy atom. The fourth-order valence-corrected chi connectivity index (χ4v) is 4.58. The summed E-state index contributed by atoms with van der Waals surface area (Å²) in [5.74, 6) is 1.48. The highest BCUT2D eigenvalue weighted by molar-refractivity contribution is 6.12. The van der Waals surface area contributed by atoms with Crippen molar-refractivity contribution in [2.45, 2.75) is 25.8 Å². The van der Waals surface area contributed by atoms with Gasteiger partial charge in [-0.05, 0) is 48.9 Å². The minimum atomic E-state index is -0.698. The SMILES string of the molecule is COC(=O)[C@H](Cc1ccc(OCCc2nc(-c3ccncc3)oc2C)cc1)Nc1ccccc1C(=O)c1ccccc1. The molecule has 0 fully saturated rings. The van der Waals surface area contributed by atoms with Crippen molar-refractivity contribution in [2.24, 2.45) is 0 Å². The molecule has 0 bridgehead atoms. The Morgan fingerprint density at radius 1 is 0.905 bits per heavy atom. The van der Waals surface area contributed by atoms with Crippen LogP contribution in [0.2, 0.25) is 0 Å². The van der Waals surface area contributed by atoms with Crippen LogP contribution in [0.4, 0.5) is 5.69 Å². The van der Waals surface area contributed by atoms with E-state index in [4.69, 9.17) is 13.9 Å². The molecule has 1 N–H and O–H groups in total. The molecule has 1 atom stereocenters. The lowest BCUT2D eigenvalue weighted by Gasteiger charge is -2.20. The molecule has 212 valence electrons. The van der Waals surface area contributed by atoms with E-state index >= 15 is 0 Å². The second-order valence-electron chi connectivity index (χ2n) is 9.67. The summed E-state index contributed by atoms with van der Waals surface area (Å²) in [7, 11) is 1.35. The molecule has 8 heteroatoms. The number of aromatic nitrogens is 2. The number of anilines is 1. The van der Waals surface area contributed by atoms with Gasteiger partial charge in [-0.25, -0.2) is 9.78 Å². The molecule has 0 aliphatic carbocycles. The molecular formula is C34H31N3O5. The third-order valence-electron chi connectivity index (χ3n) is 6.81. The summed E-state index contributed by atoms with van der Waals surface area (Å²) in [6.45, 7) is 2.32. The number of para-hydroxylation sites is 1. The monoisotopic (exact) mass is 561 g/mol. The van der Waals surface area contributed by atoms with E-state index in [-0.39, 0.29) is 5.78 Å². The number of carbonyl (C=O) groups excluding carboxylic acids is 2. The minimum Gasteiger partial charge on any atom is -0.493 e. The first-order chi connectivity index (χ1) is 20.5. The predicted molar refractivity (Wildman–Crippen MR) is 160 cm³/mol. The molecule has 0 aliphatic heterocycles. The van der Waals surface area contributed by atoms with Crippen molar-refractivity contribution < 1.29 is 23.5 Å². The van der Waals surface area contributed by atoms with Crippen LogP contribution in [-0.4, -0.2) is 41.5 Å². The quantitative estimate of drug-likeness (QED) is 0.144. The lowest BCUT2D eigenvalue weighted by molar-refractivity contribution is -0.141. The Hall–Kier alpha value is -5.24. The highest BCUT2D eigenvalue weighted by Gasteiger charge is 2.22. The number of carbonyl (C=O) groups is 2. The van der Waals surface area contributed by atoms with Gasteiger partial charge in [0.25, 0.3) is 0 Å². The van der Waals surface area contributed by atoms with Crippen molar-refractivity contribution in [1.82, 2.24) is 9.97 Å². The summed E-state index contributed by atoms with van der Waals surface area (Å²) in [5.41, 5.74) is 4.25. The van der Waals surface area contributed by atoms with E-state index in [2.05, 4.69) is 15.3 Å². The van der Waals surface area contributed by atoms with E-state index in [1.165, 1.54) is 7.11 Å². The third kappa shape index (κ3) is 6.90. The van der Waals surface area contributed by atoms with Gasteiger partial charge in [0.1, 0.15) is 17.6 Å². The van der Waals surface area contributed by atoms with Crippen LogP contribution >= 0.6 is 0 Å². The second kappa shape index (κ2) is 13.4. The first-order valence-electron chi connectivity index (χ1n) is 13.6. The largest absolute Gasteiger partial charge is 0.493 e. The molecule has 0 aliphatic rings. The van der Waals surface area contributed by atoms with Gasteiger partial charge in [0, 0.05) is 47.6 Å². The van der Waals surface area contributed by atoms with Gasteiger partial charge in [-0.3, -0.25) is 9.78 Å². The van der Waals surface area contributed by atoms with E-state index in [1.54, 1.807) is 42.7 Å². The maximum absolute atomic E-state index is 13.2. The van der Waals surface area contributed by atoms with Crippen molar-refractivity contribution >= 4 is 17.4 Å². The number of nitrogens with zero attached hydrogens (tertiary/aromatic N) is 2. The lowest BCUT2D eigenvalue weighted by Crippen LogP contribution is -2.33. The minimum absolute atomic E-state index is 0.127. The summed E-state index contributed by atoms with van der Waals surface area (Å²) in [4.78, 5) is 34.5. The molecule has 3 aromatic carbocycles. The number of oxazole rings is 1. The normalized spacial score (nSPS) is 11.5. The van der Waals surface area contributed by atoms with E-state index in [0.29, 0.717) is 47.9 Å². The van der Waals surface area contributed by atoms with Crippen LogP contribution in [0.5, 0.6) is 5.75 Å². The van der Waals surface area contributed by atoms with Crippen LogP contribution < -0.4 is 10.1 Å². The second-order valence-corrected chi connectivity index (χ2v) is 9.67. The average Bonchev–Trinajstić information content (AvgIpc) is 3.42. The number of aryl methyl sites for hydroxylation is 1. The molecule has 0 amide bonds. The molecule has 2 aromatic heterocycles. The van der Waals surface area contributed by atoms with Gasteiger partial charge in [-0.15, -0.1) is 0 Å². The molecule has 8 nitrogen and oxygen atoms in total. The number of hydrogen-bond donors (Lipinski definition) is 1. The van der Waals surface area contributed by atoms with Crippen molar-refractivity contribution in [1.29, 1.82) is 0 Å². The molecule has 2 heterocycles. The highest BCUT2D eigenvalue weighted by Crippen LogP contribution is 2.23. The van der Waals surface area contributed by atoms with Gasteiger partial charge < -0.3 is 19.2 Å². The van der Waals surface area contributed by atoms with Gasteiger partial charge in [-0.2, -0.15) is 0 Å². The smallest absolute Gasteiger partial charge is 0.328 e. The van der Waals surface area contributed by atoms with Crippen LogP contribution in [0, 0.1) is 6.92 Å². The zero-order chi connectivity index (χ0) is 29.3. The van der Waals surface area contributed by atoms with Crippen molar-refractivity contribution in [2.75, 3.05) is 19.0 Å². The van der Waals surface area contributed by atoms with Crippen LogP contribution in [0.3, 0.4) is 0 Å². The van der Waals surface area contributed by atoms with E-state index in [0.717, 1.165) is 22.6 Å². The first-order valence-corrected chi connectivity index (χ1v) is 13.6. The number of methoxy groups -OCH3 is 1. The molecule has 0 spiro atoms. The van der Waals surface area contributed by atoms with Gasteiger partial charge in [0.05, 0.1) is 19.4 Å². The van der Waals surface area contributed by atoms with Gasteiger partial charge >= 0.3 is 5.97 Å². The van der Waals surface area contributed by atoms with Crippen molar-refractivity contribution in [3.8, 4) is 17.2 Å². The van der Waals surface area contributed by atoms with Crippen LogP contribution in [0.1, 0.15) is 32.9 Å². The third-order valence-corrected chi connectivity index (χ3v) is 6.81. The maximum Gasteiger partial charge on any atom is 0.328 e. The molecule has 0 saturated heterocycles. The number of pyridine rings is 1. The van der Waals surface area contributed by atoms with Crippen LogP contribution in [0.25, 0.3) is 11.5 Å². The van der Waals surface area contributed by atoms with Crippen molar-refractivity contribution in [3.05, 3.63) is 132 Å².